The third kappa shape index (κ3) is 9.94. The van der Waals surface area contributed by atoms with Crippen molar-refractivity contribution in [1.29, 1.82) is 0 Å². The Labute approximate surface area is 305 Å². The van der Waals surface area contributed by atoms with Crippen LogP contribution in [0.15, 0.2) is 102 Å². The van der Waals surface area contributed by atoms with Crippen molar-refractivity contribution >= 4 is 35.0 Å². The van der Waals surface area contributed by atoms with Crippen molar-refractivity contribution in [3.8, 4) is 11.4 Å². The normalized spacial score (nSPS) is 17.1. The van der Waals surface area contributed by atoms with Crippen LogP contribution in [0.3, 0.4) is 0 Å². The third-order valence-corrected chi connectivity index (χ3v) is 9.63. The van der Waals surface area contributed by atoms with Crippen LogP contribution in [0, 0.1) is 0 Å². The van der Waals surface area contributed by atoms with E-state index in [2.05, 4.69) is 26.2 Å². The van der Waals surface area contributed by atoms with Crippen LogP contribution in [-0.2, 0) is 32.2 Å². The number of nitrogens with zero attached hydrogens (tertiary/aromatic N) is 4. The molecule has 6 N–H and O–H groups in total. The Morgan fingerprint density at radius 3 is 2.29 bits per heavy atom. The van der Waals surface area contributed by atoms with Gasteiger partial charge in [0.15, 0.2) is 6.29 Å². The third-order valence-electron chi connectivity index (χ3n) is 8.58. The molecule has 2 amide bonds. The van der Waals surface area contributed by atoms with Crippen molar-refractivity contribution in [3.05, 3.63) is 119 Å². The second kappa shape index (κ2) is 17.8. The molecule has 3 atom stereocenters. The molecule has 2 heterocycles. The van der Waals surface area contributed by atoms with E-state index >= 15 is 0 Å². The van der Waals surface area contributed by atoms with Crippen LogP contribution in [0.4, 0.5) is 11.4 Å². The van der Waals surface area contributed by atoms with Crippen molar-refractivity contribution in [2.45, 2.75) is 68.9 Å². The molecule has 0 saturated carbocycles. The van der Waals surface area contributed by atoms with Gasteiger partial charge in [0.25, 0.3) is 0 Å². The number of nitrogen functional groups attached to an aromatic ring is 1. The fraction of sp³-hybridized carbons (Fsp3) is 0.289. The number of aromatic hydroxyl groups is 1. The lowest BCUT2D eigenvalue weighted by Crippen LogP contribution is -2.31. The Morgan fingerprint density at radius 2 is 1.56 bits per heavy atom. The summed E-state index contributed by atoms with van der Waals surface area (Å²) in [6, 6.07) is 29.2. The molecule has 1 saturated heterocycles. The number of rotatable bonds is 15. The second-order valence-electron chi connectivity index (χ2n) is 12.4. The summed E-state index contributed by atoms with van der Waals surface area (Å²) in [5.41, 5.74) is 11.3. The van der Waals surface area contributed by atoms with Crippen molar-refractivity contribution in [1.82, 2.24) is 25.5 Å². The van der Waals surface area contributed by atoms with Crippen LogP contribution in [0.2, 0.25) is 0 Å². The maximum Gasteiger partial charge on any atom is 0.224 e. The molecule has 13 nitrogen and oxygen atoms in total. The van der Waals surface area contributed by atoms with Gasteiger partial charge in [-0.2, -0.15) is 4.68 Å². The van der Waals surface area contributed by atoms with Gasteiger partial charge in [0, 0.05) is 37.1 Å². The number of aliphatic hydroxyl groups excluding tert-OH is 1. The lowest BCUT2D eigenvalue weighted by atomic mass is 10.0. The average Bonchev–Trinajstić information content (AvgIpc) is 3.65. The minimum Gasteiger partial charge on any atom is -0.508 e. The second-order valence-corrected chi connectivity index (χ2v) is 13.4. The van der Waals surface area contributed by atoms with E-state index in [-0.39, 0.29) is 36.4 Å². The van der Waals surface area contributed by atoms with Crippen LogP contribution < -0.4 is 16.4 Å². The number of benzene rings is 4. The van der Waals surface area contributed by atoms with E-state index in [0.717, 1.165) is 27.9 Å². The van der Waals surface area contributed by atoms with E-state index in [4.69, 9.17) is 15.2 Å². The lowest BCUT2D eigenvalue weighted by molar-refractivity contribution is -0.245. The molecule has 1 fully saturated rings. The van der Waals surface area contributed by atoms with Gasteiger partial charge < -0.3 is 36.1 Å². The highest BCUT2D eigenvalue weighted by atomic mass is 32.2. The summed E-state index contributed by atoms with van der Waals surface area (Å²) in [4.78, 5) is 24.7. The first-order chi connectivity index (χ1) is 25.3. The average molecular weight is 724 g/mol. The largest absolute Gasteiger partial charge is 0.508 e. The van der Waals surface area contributed by atoms with E-state index in [1.54, 1.807) is 41.1 Å². The van der Waals surface area contributed by atoms with Crippen LogP contribution in [0.25, 0.3) is 5.69 Å². The summed E-state index contributed by atoms with van der Waals surface area (Å²) in [6.45, 7) is 0.331. The number of para-hydroxylation sites is 2. The van der Waals surface area contributed by atoms with E-state index in [1.165, 1.54) is 11.8 Å². The minimum absolute atomic E-state index is 0.0382. The molecule has 0 spiro atoms. The highest BCUT2D eigenvalue weighted by Gasteiger charge is 2.32. The fourth-order valence-electron chi connectivity index (χ4n) is 5.69. The lowest BCUT2D eigenvalue weighted by Gasteiger charge is -2.36. The zero-order valence-corrected chi connectivity index (χ0v) is 29.2. The van der Waals surface area contributed by atoms with Gasteiger partial charge in [0.2, 0.25) is 17.0 Å². The van der Waals surface area contributed by atoms with Gasteiger partial charge in [0.05, 0.1) is 35.9 Å². The number of ether oxygens (including phenoxy) is 2. The molecule has 1 aliphatic heterocycles. The number of amides is 2. The van der Waals surface area contributed by atoms with Crippen LogP contribution in [-0.4, -0.2) is 54.1 Å². The van der Waals surface area contributed by atoms with Gasteiger partial charge in [0.1, 0.15) is 5.75 Å². The van der Waals surface area contributed by atoms with Crippen LogP contribution in [0.5, 0.6) is 5.75 Å². The monoisotopic (exact) mass is 723 g/mol. The molecule has 0 radical (unpaired) electrons. The van der Waals surface area contributed by atoms with Gasteiger partial charge in [-0.05, 0) is 76.4 Å². The number of phenols is 1. The van der Waals surface area contributed by atoms with Crippen LogP contribution >= 0.6 is 11.8 Å². The van der Waals surface area contributed by atoms with Gasteiger partial charge in [-0.25, -0.2) is 0 Å². The number of hydrogen-bond donors (Lipinski definition) is 5. The first kappa shape index (κ1) is 36.5. The van der Waals surface area contributed by atoms with Crippen molar-refractivity contribution < 1.29 is 29.3 Å². The predicted molar refractivity (Wildman–Crippen MR) is 196 cm³/mol. The maximum absolute atomic E-state index is 12.5. The molecule has 3 unspecified atom stereocenters. The highest BCUT2D eigenvalue weighted by molar-refractivity contribution is 7.99. The molecule has 1 aliphatic rings. The van der Waals surface area contributed by atoms with Gasteiger partial charge in [-0.15, -0.1) is 5.10 Å². The SMILES string of the molecule is Nc1ccccc1NC(=O)CCCCC(=O)NCc1ccc(C2OC(CSc3nnnn3-c3ccc(O)cc3)CC(c3ccc(CO)cc3)O2)cc1. The van der Waals surface area contributed by atoms with E-state index in [9.17, 15) is 19.8 Å². The number of aromatic nitrogens is 4. The molecule has 5 aromatic rings. The molecule has 52 heavy (non-hydrogen) atoms. The number of thioether (sulfide) groups is 1. The number of anilines is 2. The topological polar surface area (TPSA) is 187 Å². The Kier molecular flexibility index (Phi) is 12.5. The quantitative estimate of drug-likeness (QED) is 0.0515. The number of phenolic OH excluding ortho intramolecular Hbond substituents is 1. The summed E-state index contributed by atoms with van der Waals surface area (Å²) in [5, 5.41) is 37.7. The predicted octanol–water partition coefficient (Wildman–Crippen LogP) is 5.60. The summed E-state index contributed by atoms with van der Waals surface area (Å²) < 4.78 is 14.6. The number of carbonyl (C=O) groups excluding carboxylic acids is 2. The van der Waals surface area contributed by atoms with Crippen LogP contribution in [0.1, 0.15) is 66.8 Å². The summed E-state index contributed by atoms with van der Waals surface area (Å²) in [5.74, 6) is 0.500. The van der Waals surface area contributed by atoms with E-state index in [1.807, 2.05) is 60.7 Å². The minimum atomic E-state index is -0.644. The Hall–Kier alpha value is -5.28. The molecule has 6 rings (SSSR count). The number of unbranched alkanes of at least 4 members (excludes halogenated alkanes) is 1. The van der Waals surface area contributed by atoms with E-state index in [0.29, 0.717) is 60.9 Å². The van der Waals surface area contributed by atoms with Gasteiger partial charge >= 0.3 is 0 Å². The Bertz CT molecular complexity index is 1920. The van der Waals surface area contributed by atoms with Gasteiger partial charge in [-0.1, -0.05) is 72.4 Å². The summed E-state index contributed by atoms with van der Waals surface area (Å²) in [7, 11) is 0. The molecule has 14 heteroatoms. The maximum atomic E-state index is 12.5. The number of hydrogen-bond acceptors (Lipinski definition) is 11. The highest BCUT2D eigenvalue weighted by Crippen LogP contribution is 2.39. The standard InChI is InChI=1S/C38H41N7O6S/c39-32-5-1-2-6-33(32)41-36(49)8-4-3-7-35(48)40-22-25-9-15-28(16-10-25)37-50-31(21-34(51-37)27-13-11-26(23-46)12-14-27)24-52-38-42-43-44-45(38)29-17-19-30(47)20-18-29/h1-2,5-6,9-20,31,34,37,46-47H,3-4,7-8,21-24,39H2,(H,40,48)(H,41,49). The Balaban J connectivity index is 1.02. The van der Waals surface area contributed by atoms with Gasteiger partial charge in [-0.3, -0.25) is 9.59 Å². The van der Waals surface area contributed by atoms with E-state index < -0.39 is 6.29 Å². The molecule has 4 aromatic carbocycles. The van der Waals surface area contributed by atoms with Crippen molar-refractivity contribution in [3.63, 3.8) is 0 Å². The number of nitrogens with two attached hydrogens (primary N) is 1. The Morgan fingerprint density at radius 1 is 0.865 bits per heavy atom. The molecular formula is C38H41N7O6S. The fourth-order valence-corrected chi connectivity index (χ4v) is 6.60. The number of carbonyl (C=O) groups is 2. The number of aliphatic hydroxyl groups is 1. The molecule has 0 aliphatic carbocycles. The summed E-state index contributed by atoms with van der Waals surface area (Å²) >= 11 is 1.47. The molecular weight excluding hydrogens is 683 g/mol. The number of tetrazole rings is 1. The summed E-state index contributed by atoms with van der Waals surface area (Å²) in [6.07, 6.45) is 1.29. The zero-order valence-electron chi connectivity index (χ0n) is 28.4. The molecule has 270 valence electrons. The zero-order chi connectivity index (χ0) is 36.3. The van der Waals surface area contributed by atoms with Crippen molar-refractivity contribution in [2.24, 2.45) is 0 Å². The molecule has 0 bridgehead atoms. The first-order valence-electron chi connectivity index (χ1n) is 17.1. The smallest absolute Gasteiger partial charge is 0.224 e. The first-order valence-corrected chi connectivity index (χ1v) is 18.0. The number of nitrogens with one attached hydrogen (secondary N) is 2. The molecule has 1 aromatic heterocycles. The van der Waals surface area contributed by atoms with Crippen molar-refractivity contribution in [2.75, 3.05) is 16.8 Å².